The lowest BCUT2D eigenvalue weighted by Crippen LogP contribution is -2.35. The normalized spacial score (nSPS) is 13.2. The molecule has 6 nitrogen and oxygen atoms in total. The van der Waals surface area contributed by atoms with E-state index in [1.807, 2.05) is 67.7 Å². The number of hydrogen-bond acceptors (Lipinski definition) is 6. The molecule has 0 unspecified atom stereocenters. The van der Waals surface area contributed by atoms with Crippen LogP contribution in [0.25, 0.3) is 0 Å². The monoisotopic (exact) mass is 413 g/mol. The van der Waals surface area contributed by atoms with Crippen LogP contribution in [0.15, 0.2) is 73.1 Å². The number of benzene rings is 2. The van der Waals surface area contributed by atoms with E-state index in [0.717, 1.165) is 41.3 Å². The van der Waals surface area contributed by atoms with Gasteiger partial charge in [-0.25, -0.2) is 4.98 Å². The second-order valence-electron chi connectivity index (χ2n) is 7.84. The number of nitrogens with zero attached hydrogens (tertiary/aromatic N) is 4. The second kappa shape index (κ2) is 9.00. The lowest BCUT2D eigenvalue weighted by molar-refractivity contribution is 0.0983. The summed E-state index contributed by atoms with van der Waals surface area (Å²) >= 11 is 0. The molecule has 0 amide bonds. The molecule has 4 rings (SSSR count). The van der Waals surface area contributed by atoms with Gasteiger partial charge in [0.25, 0.3) is 0 Å². The minimum Gasteiger partial charge on any atom is -0.352 e. The molecule has 0 fully saturated rings. The van der Waals surface area contributed by atoms with E-state index in [4.69, 9.17) is 0 Å². The summed E-state index contributed by atoms with van der Waals surface area (Å²) in [5.41, 5.74) is 4.96. The van der Waals surface area contributed by atoms with Crippen molar-refractivity contribution >= 4 is 23.2 Å². The Morgan fingerprint density at radius 1 is 1.06 bits per heavy atom. The van der Waals surface area contributed by atoms with Crippen LogP contribution in [0.3, 0.4) is 0 Å². The molecule has 31 heavy (non-hydrogen) atoms. The highest BCUT2D eigenvalue weighted by Gasteiger charge is 2.22. The largest absolute Gasteiger partial charge is 0.352 e. The van der Waals surface area contributed by atoms with Gasteiger partial charge in [0.2, 0.25) is 5.95 Å². The van der Waals surface area contributed by atoms with Crippen LogP contribution in [0.5, 0.6) is 0 Å². The Balaban J connectivity index is 1.35. The fourth-order valence-electron chi connectivity index (χ4n) is 3.63. The predicted octanol–water partition coefficient (Wildman–Crippen LogP) is 4.30. The van der Waals surface area contributed by atoms with Crippen molar-refractivity contribution in [3.8, 4) is 0 Å². The highest BCUT2D eigenvalue weighted by Crippen LogP contribution is 2.32. The molecule has 0 bridgehead atoms. The molecule has 1 aromatic heterocycles. The van der Waals surface area contributed by atoms with Gasteiger partial charge in [-0.3, -0.25) is 4.79 Å². The van der Waals surface area contributed by atoms with Crippen molar-refractivity contribution in [2.45, 2.75) is 19.4 Å². The van der Waals surface area contributed by atoms with Crippen molar-refractivity contribution in [2.75, 3.05) is 35.8 Å². The van der Waals surface area contributed by atoms with Crippen molar-refractivity contribution in [3.05, 3.63) is 89.8 Å². The van der Waals surface area contributed by atoms with Gasteiger partial charge in [-0.05, 0) is 17.5 Å². The number of ketones is 1. The molecule has 1 N–H and O–H groups in total. The number of rotatable bonds is 7. The number of carbonyl (C=O) groups excluding carboxylic acids is 1. The van der Waals surface area contributed by atoms with E-state index in [9.17, 15) is 4.79 Å². The zero-order valence-electron chi connectivity index (χ0n) is 18.0. The zero-order valence-corrected chi connectivity index (χ0v) is 18.0. The molecule has 158 valence electrons. The molecule has 6 heteroatoms. The van der Waals surface area contributed by atoms with Crippen molar-refractivity contribution in [2.24, 2.45) is 0 Å². The van der Waals surface area contributed by atoms with Crippen LogP contribution in [0.4, 0.5) is 17.5 Å². The summed E-state index contributed by atoms with van der Waals surface area (Å²) in [5, 5.41) is 3.28. The molecule has 0 saturated carbocycles. The summed E-state index contributed by atoms with van der Waals surface area (Å²) < 4.78 is 0. The molecule has 2 heterocycles. The van der Waals surface area contributed by atoms with Gasteiger partial charge in [0.05, 0.1) is 12.7 Å². The predicted molar refractivity (Wildman–Crippen MR) is 126 cm³/mol. The molecule has 0 atom stereocenters. The summed E-state index contributed by atoms with van der Waals surface area (Å²) in [5.74, 6) is 1.62. The van der Waals surface area contributed by atoms with Crippen molar-refractivity contribution < 1.29 is 4.79 Å². The lowest BCUT2D eigenvalue weighted by Gasteiger charge is -2.34. The van der Waals surface area contributed by atoms with E-state index < -0.39 is 0 Å². The van der Waals surface area contributed by atoms with Gasteiger partial charge in [-0.1, -0.05) is 61.2 Å². The number of aromatic nitrogens is 2. The number of Topliss-reactive ketones (excluding diaryl/α,β-unsaturated/α-hetero) is 1. The number of carbonyl (C=O) groups is 1. The quantitative estimate of drug-likeness (QED) is 0.583. The van der Waals surface area contributed by atoms with Crippen molar-refractivity contribution in [1.29, 1.82) is 0 Å². The molecule has 3 aromatic rings. The first-order chi connectivity index (χ1) is 15.0. The maximum atomic E-state index is 12.5. The molecular formula is C25H27N5O. The maximum Gasteiger partial charge on any atom is 0.225 e. The summed E-state index contributed by atoms with van der Waals surface area (Å²) in [7, 11) is 3.98. The van der Waals surface area contributed by atoms with E-state index in [1.165, 1.54) is 5.56 Å². The number of anilines is 3. The van der Waals surface area contributed by atoms with E-state index >= 15 is 0 Å². The molecule has 1 aliphatic heterocycles. The van der Waals surface area contributed by atoms with E-state index in [-0.39, 0.29) is 5.78 Å². The highest BCUT2D eigenvalue weighted by atomic mass is 16.1. The Labute approximate surface area is 183 Å². The highest BCUT2D eigenvalue weighted by molar-refractivity contribution is 5.96. The standard InChI is InChI=1S/C25H27N5O/c1-18-17-29(2)24-22(30(18)3)16-27-25(28-24)26-15-20-9-12-21(13-10-20)23(31)14-11-19-7-5-4-6-8-19/h4-10,12-13,16H,1,11,14-15,17H2,2-3H3,(H,26,27,28). The van der Waals surface area contributed by atoms with Crippen LogP contribution in [-0.2, 0) is 13.0 Å². The Morgan fingerprint density at radius 3 is 2.55 bits per heavy atom. The smallest absolute Gasteiger partial charge is 0.225 e. The molecular weight excluding hydrogens is 386 g/mol. The van der Waals surface area contributed by atoms with Crippen LogP contribution < -0.4 is 15.1 Å². The van der Waals surface area contributed by atoms with E-state index in [1.54, 1.807) is 0 Å². The average Bonchev–Trinajstić information content (AvgIpc) is 2.80. The Bertz CT molecular complexity index is 1080. The minimum absolute atomic E-state index is 0.162. The molecule has 0 aliphatic carbocycles. The first kappa shape index (κ1) is 20.6. The van der Waals surface area contributed by atoms with E-state index in [2.05, 4.69) is 38.9 Å². The Morgan fingerprint density at radius 2 is 1.81 bits per heavy atom. The van der Waals surface area contributed by atoms with Crippen molar-refractivity contribution in [3.63, 3.8) is 0 Å². The second-order valence-corrected chi connectivity index (χ2v) is 7.84. The summed E-state index contributed by atoms with van der Waals surface area (Å²) in [6.45, 7) is 5.40. The maximum absolute atomic E-state index is 12.5. The van der Waals surface area contributed by atoms with Crippen LogP contribution in [0.1, 0.15) is 27.9 Å². The van der Waals surface area contributed by atoms with Gasteiger partial charge in [0.15, 0.2) is 11.6 Å². The average molecular weight is 414 g/mol. The zero-order chi connectivity index (χ0) is 21.8. The summed E-state index contributed by atoms with van der Waals surface area (Å²) in [6, 6.07) is 17.8. The third-order valence-corrected chi connectivity index (χ3v) is 5.58. The van der Waals surface area contributed by atoms with Gasteiger partial charge in [-0.15, -0.1) is 0 Å². The number of nitrogens with one attached hydrogen (secondary N) is 1. The Kier molecular flexibility index (Phi) is 5.98. The first-order valence-electron chi connectivity index (χ1n) is 10.4. The third-order valence-electron chi connectivity index (χ3n) is 5.58. The van der Waals surface area contributed by atoms with Crippen LogP contribution in [0, 0.1) is 0 Å². The third kappa shape index (κ3) is 4.74. The van der Waals surface area contributed by atoms with E-state index in [0.29, 0.717) is 18.9 Å². The number of fused-ring (bicyclic) bond motifs is 1. The van der Waals surface area contributed by atoms with Crippen molar-refractivity contribution in [1.82, 2.24) is 9.97 Å². The first-order valence-corrected chi connectivity index (χ1v) is 10.4. The van der Waals surface area contributed by atoms with Gasteiger partial charge in [0, 0.05) is 38.3 Å². The van der Waals surface area contributed by atoms with Crippen LogP contribution in [0.2, 0.25) is 0 Å². The van der Waals surface area contributed by atoms with Crippen LogP contribution in [-0.4, -0.2) is 36.4 Å². The van der Waals surface area contributed by atoms with Gasteiger partial charge in [-0.2, -0.15) is 4.98 Å². The number of hydrogen-bond donors (Lipinski definition) is 1. The lowest BCUT2D eigenvalue weighted by atomic mass is 10.0. The van der Waals surface area contributed by atoms with Crippen LogP contribution >= 0.6 is 0 Å². The molecule has 0 saturated heterocycles. The fraction of sp³-hybridized carbons (Fsp3) is 0.240. The minimum atomic E-state index is 0.162. The molecule has 1 aliphatic rings. The number of likely N-dealkylation sites (N-methyl/N-ethyl adjacent to an activating group) is 2. The Hall–Kier alpha value is -3.67. The number of aryl methyl sites for hydroxylation is 1. The molecule has 0 spiro atoms. The molecule has 0 radical (unpaired) electrons. The van der Waals surface area contributed by atoms with Gasteiger partial charge < -0.3 is 15.1 Å². The summed E-state index contributed by atoms with van der Waals surface area (Å²) in [4.78, 5) is 25.7. The van der Waals surface area contributed by atoms with Gasteiger partial charge in [0.1, 0.15) is 5.69 Å². The SMILES string of the molecule is C=C1CN(C)c2nc(NCc3ccc(C(=O)CCc4ccccc4)cc3)ncc2N1C. The van der Waals surface area contributed by atoms with Gasteiger partial charge >= 0.3 is 0 Å². The fourth-order valence-corrected chi connectivity index (χ4v) is 3.63. The topological polar surface area (TPSA) is 61.4 Å². The molecule has 2 aromatic carbocycles. The summed E-state index contributed by atoms with van der Waals surface area (Å²) in [6.07, 6.45) is 3.09.